The van der Waals surface area contributed by atoms with Crippen LogP contribution >= 0.6 is 0 Å². The Hall–Kier alpha value is -2.86. The third kappa shape index (κ3) is 5.38. The first-order valence-electron chi connectivity index (χ1n) is 11.9. The second-order valence-corrected chi connectivity index (χ2v) is 8.91. The lowest BCUT2D eigenvalue weighted by Crippen LogP contribution is -2.65. The first-order valence-corrected chi connectivity index (χ1v) is 11.9. The van der Waals surface area contributed by atoms with Gasteiger partial charge in [-0.25, -0.2) is 4.79 Å². The van der Waals surface area contributed by atoms with Crippen LogP contribution in [0.2, 0.25) is 0 Å². The number of benzene rings is 2. The number of likely N-dealkylation sites (N-methyl/N-ethyl adjacent to an activating group) is 1. The Labute approximate surface area is 197 Å². The maximum atomic E-state index is 13.8. The molecule has 1 unspecified atom stereocenters. The van der Waals surface area contributed by atoms with E-state index in [0.717, 1.165) is 41.0 Å². The number of hydrogen-bond acceptors (Lipinski definition) is 4. The molecular weight excluding hydrogens is 416 g/mol. The molecule has 1 aliphatic rings. The molecule has 0 bridgehead atoms. The van der Waals surface area contributed by atoms with Crippen LogP contribution in [0.5, 0.6) is 5.75 Å². The molecule has 1 saturated heterocycles. The van der Waals surface area contributed by atoms with E-state index in [1.165, 1.54) is 0 Å². The molecule has 33 heavy (non-hydrogen) atoms. The number of carbonyl (C=O) groups is 2. The number of hydrogen-bond donors (Lipinski definition) is 0. The molecule has 0 N–H and O–H groups in total. The number of amides is 1. The highest BCUT2D eigenvalue weighted by molar-refractivity contribution is 5.98. The second kappa shape index (κ2) is 10.8. The quantitative estimate of drug-likeness (QED) is 0.417. The molecular formula is C27H37N2O4+. The minimum absolute atomic E-state index is 0.0946. The Bertz CT molecular complexity index is 946. The normalized spacial score (nSPS) is 16.6. The molecule has 0 spiro atoms. The van der Waals surface area contributed by atoms with Crippen molar-refractivity contribution in [1.82, 2.24) is 0 Å². The van der Waals surface area contributed by atoms with Crippen LogP contribution < -0.4 is 9.64 Å². The molecule has 6 nitrogen and oxygen atoms in total. The Balaban J connectivity index is 1.81. The molecule has 2 aromatic rings. The fourth-order valence-corrected chi connectivity index (χ4v) is 5.09. The zero-order chi connectivity index (χ0) is 24.0. The van der Waals surface area contributed by atoms with Gasteiger partial charge < -0.3 is 18.9 Å². The number of esters is 1. The SMILES string of the molecule is CC[N+](CC)(CC(=O)OCc1ccccc1)C1CCCN(c2c(C)cc(OC)cc2C)C1=O. The summed E-state index contributed by atoms with van der Waals surface area (Å²) in [6.45, 7) is 10.7. The van der Waals surface area contributed by atoms with Gasteiger partial charge in [0.25, 0.3) is 5.91 Å². The smallest absolute Gasteiger partial charge is 0.362 e. The summed E-state index contributed by atoms with van der Waals surface area (Å²) in [5.41, 5.74) is 3.97. The van der Waals surface area contributed by atoms with Gasteiger partial charge in [0.1, 0.15) is 12.4 Å². The minimum Gasteiger partial charge on any atom is -0.497 e. The fourth-order valence-electron chi connectivity index (χ4n) is 5.09. The average molecular weight is 454 g/mol. The zero-order valence-electron chi connectivity index (χ0n) is 20.6. The van der Waals surface area contributed by atoms with Gasteiger partial charge in [-0.15, -0.1) is 0 Å². The van der Waals surface area contributed by atoms with Gasteiger partial charge in [0.15, 0.2) is 12.6 Å². The third-order valence-electron chi connectivity index (χ3n) is 6.99. The predicted molar refractivity (Wildman–Crippen MR) is 130 cm³/mol. The van der Waals surface area contributed by atoms with Gasteiger partial charge in [-0.3, -0.25) is 4.79 Å². The number of anilines is 1. The summed E-state index contributed by atoms with van der Waals surface area (Å²) in [4.78, 5) is 28.6. The summed E-state index contributed by atoms with van der Waals surface area (Å²) in [6, 6.07) is 13.4. The molecule has 0 saturated carbocycles. The number of piperidine rings is 1. The highest BCUT2D eigenvalue weighted by Crippen LogP contribution is 2.34. The number of rotatable bonds is 9. The molecule has 0 radical (unpaired) electrons. The molecule has 0 aromatic heterocycles. The number of nitrogens with zero attached hydrogens (tertiary/aromatic N) is 2. The molecule has 3 rings (SSSR count). The Morgan fingerprint density at radius 3 is 2.30 bits per heavy atom. The van der Waals surface area contributed by atoms with Crippen LogP contribution in [0.15, 0.2) is 42.5 Å². The summed E-state index contributed by atoms with van der Waals surface area (Å²) in [5, 5.41) is 0. The maximum absolute atomic E-state index is 13.8. The Kier molecular flexibility index (Phi) is 8.14. The Morgan fingerprint density at radius 2 is 1.73 bits per heavy atom. The lowest BCUT2D eigenvalue weighted by Gasteiger charge is -2.46. The first-order chi connectivity index (χ1) is 15.8. The van der Waals surface area contributed by atoms with Gasteiger partial charge in [-0.2, -0.15) is 0 Å². The minimum atomic E-state index is -0.265. The summed E-state index contributed by atoms with van der Waals surface area (Å²) >= 11 is 0. The highest BCUT2D eigenvalue weighted by atomic mass is 16.5. The van der Waals surface area contributed by atoms with Crippen molar-refractivity contribution in [2.75, 3.05) is 38.2 Å². The van der Waals surface area contributed by atoms with Gasteiger partial charge in [0, 0.05) is 18.7 Å². The van der Waals surface area contributed by atoms with E-state index in [9.17, 15) is 9.59 Å². The van der Waals surface area contributed by atoms with Crippen LogP contribution in [0.1, 0.15) is 43.4 Å². The van der Waals surface area contributed by atoms with Crippen molar-refractivity contribution in [3.63, 3.8) is 0 Å². The number of carbonyl (C=O) groups excluding carboxylic acids is 2. The van der Waals surface area contributed by atoms with E-state index in [1.54, 1.807) is 7.11 Å². The van der Waals surface area contributed by atoms with Crippen LogP contribution in [0.25, 0.3) is 0 Å². The van der Waals surface area contributed by atoms with Crippen molar-refractivity contribution in [1.29, 1.82) is 0 Å². The number of methoxy groups -OCH3 is 1. The van der Waals surface area contributed by atoms with Crippen molar-refractivity contribution in [2.45, 2.75) is 53.2 Å². The van der Waals surface area contributed by atoms with Gasteiger partial charge in [-0.1, -0.05) is 30.3 Å². The van der Waals surface area contributed by atoms with Crippen LogP contribution in [0, 0.1) is 13.8 Å². The molecule has 1 atom stereocenters. The summed E-state index contributed by atoms with van der Waals surface area (Å²) in [7, 11) is 1.65. The van der Waals surface area contributed by atoms with E-state index in [4.69, 9.17) is 9.47 Å². The molecule has 178 valence electrons. The van der Waals surface area contributed by atoms with Crippen molar-refractivity contribution >= 4 is 17.6 Å². The zero-order valence-corrected chi connectivity index (χ0v) is 20.6. The monoisotopic (exact) mass is 453 g/mol. The maximum Gasteiger partial charge on any atom is 0.362 e. The van der Waals surface area contributed by atoms with E-state index in [2.05, 4.69) is 13.8 Å². The number of quaternary nitrogens is 1. The Morgan fingerprint density at radius 1 is 1.09 bits per heavy atom. The average Bonchev–Trinajstić information content (AvgIpc) is 2.82. The van der Waals surface area contributed by atoms with E-state index in [0.29, 0.717) is 24.1 Å². The standard InChI is InChI=1S/C27H37N2O4/c1-6-29(7-2,18-25(30)33-19-22-12-9-8-10-13-22)24-14-11-15-28(27(24)31)26-20(3)16-23(32-5)17-21(26)4/h8-10,12-13,16-17,24H,6-7,11,14-15,18-19H2,1-5H3/q+1. The van der Waals surface area contributed by atoms with E-state index >= 15 is 0 Å². The fraction of sp³-hybridized carbons (Fsp3) is 0.481. The predicted octanol–water partition coefficient (Wildman–Crippen LogP) is 4.41. The van der Waals surface area contributed by atoms with Gasteiger partial charge in [0.05, 0.1) is 20.2 Å². The van der Waals surface area contributed by atoms with Gasteiger partial charge in [0.2, 0.25) is 0 Å². The molecule has 2 aromatic carbocycles. The van der Waals surface area contributed by atoms with E-state index < -0.39 is 0 Å². The largest absolute Gasteiger partial charge is 0.497 e. The molecule has 1 heterocycles. The highest BCUT2D eigenvalue weighted by Gasteiger charge is 2.46. The molecule has 6 heteroatoms. The van der Waals surface area contributed by atoms with Crippen LogP contribution in [0.4, 0.5) is 5.69 Å². The van der Waals surface area contributed by atoms with Gasteiger partial charge in [-0.05, 0) is 62.9 Å². The van der Waals surface area contributed by atoms with E-state index in [1.807, 2.05) is 61.2 Å². The lowest BCUT2D eigenvalue weighted by molar-refractivity contribution is -0.933. The van der Waals surface area contributed by atoms with Crippen molar-refractivity contribution in [2.24, 2.45) is 0 Å². The molecule has 1 amide bonds. The summed E-state index contributed by atoms with van der Waals surface area (Å²) in [6.07, 6.45) is 1.68. The van der Waals surface area contributed by atoms with Crippen molar-refractivity contribution in [3.8, 4) is 5.75 Å². The number of aryl methyl sites for hydroxylation is 2. The van der Waals surface area contributed by atoms with Crippen molar-refractivity contribution < 1.29 is 23.5 Å². The van der Waals surface area contributed by atoms with E-state index in [-0.39, 0.29) is 31.1 Å². The molecule has 0 aliphatic carbocycles. The second-order valence-electron chi connectivity index (χ2n) is 8.91. The summed E-state index contributed by atoms with van der Waals surface area (Å²) < 4.78 is 11.4. The van der Waals surface area contributed by atoms with Gasteiger partial charge >= 0.3 is 5.97 Å². The van der Waals surface area contributed by atoms with Crippen LogP contribution in [-0.4, -0.2) is 55.7 Å². The number of ether oxygens (including phenoxy) is 2. The summed E-state index contributed by atoms with van der Waals surface area (Å²) in [5.74, 6) is 0.629. The van der Waals surface area contributed by atoms with Crippen molar-refractivity contribution in [3.05, 3.63) is 59.2 Å². The molecule has 1 fully saturated rings. The first kappa shape index (κ1) is 24.8. The third-order valence-corrected chi connectivity index (χ3v) is 6.99. The molecule has 1 aliphatic heterocycles. The van der Waals surface area contributed by atoms with Crippen LogP contribution in [-0.2, 0) is 20.9 Å². The van der Waals surface area contributed by atoms with Crippen LogP contribution in [0.3, 0.4) is 0 Å². The topological polar surface area (TPSA) is 55.8 Å². The lowest BCUT2D eigenvalue weighted by atomic mass is 9.97.